The zero-order valence-corrected chi connectivity index (χ0v) is 17.4. The van der Waals surface area contributed by atoms with Crippen molar-refractivity contribution >= 4 is 17.5 Å². The predicted octanol–water partition coefficient (Wildman–Crippen LogP) is 4.84. The fourth-order valence-electron chi connectivity index (χ4n) is 3.83. The quantitative estimate of drug-likeness (QED) is 0.699. The van der Waals surface area contributed by atoms with E-state index >= 15 is 0 Å². The minimum atomic E-state index is -0.0204. The van der Waals surface area contributed by atoms with Gasteiger partial charge < -0.3 is 10.2 Å². The molecule has 0 saturated carbocycles. The molecular formula is C25H32N2O2. The van der Waals surface area contributed by atoms with Crippen LogP contribution in [0.1, 0.15) is 50.2 Å². The maximum absolute atomic E-state index is 12.6. The van der Waals surface area contributed by atoms with Crippen molar-refractivity contribution in [2.75, 3.05) is 18.4 Å². The highest BCUT2D eigenvalue weighted by molar-refractivity contribution is 5.92. The van der Waals surface area contributed by atoms with Gasteiger partial charge in [0.2, 0.25) is 11.8 Å². The molecular weight excluding hydrogens is 360 g/mol. The number of aryl methyl sites for hydroxylation is 2. The van der Waals surface area contributed by atoms with E-state index in [0.29, 0.717) is 19.5 Å². The smallest absolute Gasteiger partial charge is 0.227 e. The summed E-state index contributed by atoms with van der Waals surface area (Å²) in [5, 5.41) is 3.04. The number of hydrogen-bond acceptors (Lipinski definition) is 2. The second-order valence-corrected chi connectivity index (χ2v) is 7.93. The Morgan fingerprint density at radius 3 is 2.24 bits per heavy atom. The SMILES string of the molecule is CCCCc1ccc(NC(=O)C2CCN(C(=O)CCc3ccccc3)CC2)cc1. The van der Waals surface area contributed by atoms with Crippen molar-refractivity contribution < 1.29 is 9.59 Å². The van der Waals surface area contributed by atoms with E-state index in [0.717, 1.165) is 31.4 Å². The Kier molecular flexibility index (Phi) is 7.85. The lowest BCUT2D eigenvalue weighted by atomic mass is 9.95. The summed E-state index contributed by atoms with van der Waals surface area (Å²) < 4.78 is 0. The zero-order valence-electron chi connectivity index (χ0n) is 17.4. The molecule has 4 nitrogen and oxygen atoms in total. The lowest BCUT2D eigenvalue weighted by molar-refractivity contribution is -0.134. The highest BCUT2D eigenvalue weighted by Crippen LogP contribution is 2.21. The van der Waals surface area contributed by atoms with E-state index in [-0.39, 0.29) is 17.7 Å². The van der Waals surface area contributed by atoms with Crippen molar-refractivity contribution in [2.45, 2.75) is 51.9 Å². The van der Waals surface area contributed by atoms with Crippen LogP contribution in [0, 0.1) is 5.92 Å². The molecule has 2 aromatic rings. The third-order valence-electron chi connectivity index (χ3n) is 5.73. The van der Waals surface area contributed by atoms with Crippen molar-refractivity contribution in [3.8, 4) is 0 Å². The number of hydrogen-bond donors (Lipinski definition) is 1. The predicted molar refractivity (Wildman–Crippen MR) is 118 cm³/mol. The Morgan fingerprint density at radius 1 is 0.931 bits per heavy atom. The molecule has 0 aromatic heterocycles. The summed E-state index contributed by atoms with van der Waals surface area (Å²) in [6.45, 7) is 3.53. The molecule has 0 bridgehead atoms. The number of carbonyl (C=O) groups is 2. The summed E-state index contributed by atoms with van der Waals surface area (Å²) in [6.07, 6.45) is 6.23. The molecule has 154 valence electrons. The molecule has 1 N–H and O–H groups in total. The van der Waals surface area contributed by atoms with E-state index in [4.69, 9.17) is 0 Å². The molecule has 0 radical (unpaired) electrons. The number of nitrogens with one attached hydrogen (secondary N) is 1. The average Bonchev–Trinajstić information content (AvgIpc) is 2.78. The number of nitrogens with zero attached hydrogens (tertiary/aromatic N) is 1. The maximum atomic E-state index is 12.6. The summed E-state index contributed by atoms with van der Waals surface area (Å²) in [5.41, 5.74) is 3.36. The molecule has 1 fully saturated rings. The van der Waals surface area contributed by atoms with Gasteiger partial charge >= 0.3 is 0 Å². The van der Waals surface area contributed by atoms with E-state index in [1.165, 1.54) is 24.0 Å². The maximum Gasteiger partial charge on any atom is 0.227 e. The summed E-state index contributed by atoms with van der Waals surface area (Å²) in [6, 6.07) is 18.3. The number of likely N-dealkylation sites (tertiary alicyclic amines) is 1. The Balaban J connectivity index is 1.41. The van der Waals surface area contributed by atoms with Gasteiger partial charge in [-0.2, -0.15) is 0 Å². The Labute approximate surface area is 174 Å². The third-order valence-corrected chi connectivity index (χ3v) is 5.73. The normalized spacial score (nSPS) is 14.6. The number of rotatable bonds is 8. The van der Waals surface area contributed by atoms with Crippen LogP contribution in [0.4, 0.5) is 5.69 Å². The van der Waals surface area contributed by atoms with Gasteiger partial charge in [-0.05, 0) is 55.4 Å². The van der Waals surface area contributed by atoms with Crippen molar-refractivity contribution in [1.29, 1.82) is 0 Å². The summed E-state index contributed by atoms with van der Waals surface area (Å²) in [4.78, 5) is 27.0. The van der Waals surface area contributed by atoms with Crippen LogP contribution >= 0.6 is 0 Å². The zero-order chi connectivity index (χ0) is 20.5. The van der Waals surface area contributed by atoms with E-state index in [9.17, 15) is 9.59 Å². The fourth-order valence-corrected chi connectivity index (χ4v) is 3.83. The first-order chi connectivity index (χ1) is 14.2. The highest BCUT2D eigenvalue weighted by atomic mass is 16.2. The van der Waals surface area contributed by atoms with Crippen molar-refractivity contribution in [3.63, 3.8) is 0 Å². The van der Waals surface area contributed by atoms with E-state index in [2.05, 4.69) is 36.5 Å². The third kappa shape index (κ3) is 6.45. The molecule has 1 saturated heterocycles. The van der Waals surface area contributed by atoms with Gasteiger partial charge in [0.1, 0.15) is 0 Å². The Bertz CT molecular complexity index is 778. The first kappa shape index (κ1) is 21.1. The van der Waals surface area contributed by atoms with Crippen LogP contribution in [0.3, 0.4) is 0 Å². The molecule has 4 heteroatoms. The first-order valence-corrected chi connectivity index (χ1v) is 10.9. The number of amides is 2. The molecule has 2 amide bonds. The summed E-state index contributed by atoms with van der Waals surface area (Å²) in [5.74, 6) is 0.242. The van der Waals surface area contributed by atoms with Gasteiger partial charge in [0.15, 0.2) is 0 Å². The molecule has 1 aliphatic heterocycles. The molecule has 0 atom stereocenters. The topological polar surface area (TPSA) is 49.4 Å². The van der Waals surface area contributed by atoms with Crippen LogP contribution in [-0.2, 0) is 22.4 Å². The number of unbranched alkanes of at least 4 members (excludes halogenated alkanes) is 1. The van der Waals surface area contributed by atoms with Crippen molar-refractivity contribution in [2.24, 2.45) is 5.92 Å². The standard InChI is InChI=1S/C25H32N2O2/c1-2-3-7-21-10-13-23(14-11-21)26-25(29)22-16-18-27(19-17-22)24(28)15-12-20-8-5-4-6-9-20/h4-6,8-11,13-14,22H,2-3,7,12,15-19H2,1H3,(H,26,29). The molecule has 2 aromatic carbocycles. The highest BCUT2D eigenvalue weighted by Gasteiger charge is 2.27. The largest absolute Gasteiger partial charge is 0.343 e. The van der Waals surface area contributed by atoms with Crippen LogP contribution in [-0.4, -0.2) is 29.8 Å². The van der Waals surface area contributed by atoms with Crippen LogP contribution in [0.2, 0.25) is 0 Å². The molecule has 0 aliphatic carbocycles. The van der Waals surface area contributed by atoms with Gasteiger partial charge in [-0.15, -0.1) is 0 Å². The Morgan fingerprint density at radius 2 is 1.59 bits per heavy atom. The number of carbonyl (C=O) groups excluding carboxylic acids is 2. The van der Waals surface area contributed by atoms with Crippen LogP contribution < -0.4 is 5.32 Å². The van der Waals surface area contributed by atoms with Gasteiger partial charge in [-0.25, -0.2) is 0 Å². The number of anilines is 1. The molecule has 3 rings (SSSR count). The van der Waals surface area contributed by atoms with E-state index in [1.807, 2.05) is 35.2 Å². The van der Waals surface area contributed by atoms with Crippen molar-refractivity contribution in [1.82, 2.24) is 4.90 Å². The summed E-state index contributed by atoms with van der Waals surface area (Å²) >= 11 is 0. The fraction of sp³-hybridized carbons (Fsp3) is 0.440. The van der Waals surface area contributed by atoms with Gasteiger partial charge in [0, 0.05) is 31.1 Å². The van der Waals surface area contributed by atoms with Crippen molar-refractivity contribution in [3.05, 3.63) is 65.7 Å². The van der Waals surface area contributed by atoms with Gasteiger partial charge in [-0.3, -0.25) is 9.59 Å². The Hall–Kier alpha value is -2.62. The molecule has 29 heavy (non-hydrogen) atoms. The first-order valence-electron chi connectivity index (χ1n) is 10.9. The molecule has 1 heterocycles. The molecule has 0 spiro atoms. The van der Waals surface area contributed by atoms with Gasteiger partial charge in [-0.1, -0.05) is 55.8 Å². The number of piperidine rings is 1. The average molecular weight is 393 g/mol. The van der Waals surface area contributed by atoms with E-state index < -0.39 is 0 Å². The van der Waals surface area contributed by atoms with Gasteiger partial charge in [0.05, 0.1) is 0 Å². The number of benzene rings is 2. The summed E-state index contributed by atoms with van der Waals surface area (Å²) in [7, 11) is 0. The molecule has 1 aliphatic rings. The minimum absolute atomic E-state index is 0.0204. The van der Waals surface area contributed by atoms with Gasteiger partial charge in [0.25, 0.3) is 0 Å². The second kappa shape index (κ2) is 10.8. The molecule has 0 unspecified atom stereocenters. The van der Waals surface area contributed by atoms with E-state index in [1.54, 1.807) is 0 Å². The lowest BCUT2D eigenvalue weighted by Gasteiger charge is -2.31. The monoisotopic (exact) mass is 392 g/mol. The second-order valence-electron chi connectivity index (χ2n) is 7.93. The minimum Gasteiger partial charge on any atom is -0.343 e. The van der Waals surface area contributed by atoms with Crippen LogP contribution in [0.15, 0.2) is 54.6 Å². The van der Waals surface area contributed by atoms with Crippen LogP contribution in [0.5, 0.6) is 0 Å². The lowest BCUT2D eigenvalue weighted by Crippen LogP contribution is -2.41. The van der Waals surface area contributed by atoms with Crippen LogP contribution in [0.25, 0.3) is 0 Å².